The molecule has 2 saturated carbocycles. The number of allylic oxidation sites excluding steroid dienone is 1. The molecule has 2 aromatic rings. The van der Waals surface area contributed by atoms with Crippen molar-refractivity contribution in [2.45, 2.75) is 139 Å². The van der Waals surface area contributed by atoms with Gasteiger partial charge in [-0.2, -0.15) is 4.98 Å². The Morgan fingerprint density at radius 1 is 1.08 bits per heavy atom. The van der Waals surface area contributed by atoms with E-state index in [2.05, 4.69) is 15.4 Å². The maximum absolute atomic E-state index is 14.9. The molecule has 1 saturated heterocycles. The molecular weight excluding hydrogens is 789 g/mol. The first-order chi connectivity index (χ1) is 27.6. The van der Waals surface area contributed by atoms with E-state index in [-0.39, 0.29) is 31.2 Å². The van der Waals surface area contributed by atoms with E-state index in [1.54, 1.807) is 13.8 Å². The number of alkyl carbamates (subject to hydrolysis) is 1. The van der Waals surface area contributed by atoms with Crippen LogP contribution in [0.2, 0.25) is 0 Å². The molecule has 5 aliphatic rings. The SMILES string of the molecule is C[C@@H]1CC/C=C\[C@@H]2C[C@@]2(C(=O)NS(=O)(=O)C2(C)CC2)NC(=O)[C@@H]2C[C@@H](Oc3nc4c(c5ccccc35)CCCO4)CN2C(=O)[C@@H](NC(=O)OC(C)(C)C(C)(F)F)[C@H](C)C1. The fourth-order valence-corrected chi connectivity index (χ4v) is 9.68. The van der Waals surface area contributed by atoms with Gasteiger partial charge in [0.05, 0.1) is 17.9 Å². The summed E-state index contributed by atoms with van der Waals surface area (Å²) in [6.45, 7) is 8.44. The fraction of sp³-hybridized carbons (Fsp3) is 0.643. The summed E-state index contributed by atoms with van der Waals surface area (Å²) in [6.07, 6.45) is 5.86. The van der Waals surface area contributed by atoms with Crippen molar-refractivity contribution in [3.05, 3.63) is 42.0 Å². The van der Waals surface area contributed by atoms with Crippen molar-refractivity contribution < 1.29 is 50.6 Å². The Labute approximate surface area is 343 Å². The van der Waals surface area contributed by atoms with Crippen molar-refractivity contribution in [3.8, 4) is 11.8 Å². The van der Waals surface area contributed by atoms with Crippen molar-refractivity contribution in [2.24, 2.45) is 17.8 Å². The second-order valence-electron chi connectivity index (χ2n) is 18.1. The number of ether oxygens (including phenoxy) is 3. The van der Waals surface area contributed by atoms with Crippen molar-refractivity contribution >= 4 is 44.6 Å². The summed E-state index contributed by atoms with van der Waals surface area (Å²) in [5.74, 6) is -6.02. The second kappa shape index (κ2) is 15.5. The summed E-state index contributed by atoms with van der Waals surface area (Å²) >= 11 is 0. The number of pyridine rings is 1. The Hall–Kier alpha value is -4.54. The molecule has 3 aliphatic heterocycles. The monoisotopic (exact) mass is 843 g/mol. The van der Waals surface area contributed by atoms with Crippen LogP contribution in [-0.4, -0.2) is 95.3 Å². The highest BCUT2D eigenvalue weighted by Gasteiger charge is 2.63. The highest BCUT2D eigenvalue weighted by atomic mass is 32.2. The lowest BCUT2D eigenvalue weighted by atomic mass is 9.88. The van der Waals surface area contributed by atoms with Crippen LogP contribution in [0, 0.1) is 17.8 Å². The zero-order chi connectivity index (χ0) is 42.7. The maximum atomic E-state index is 14.9. The summed E-state index contributed by atoms with van der Waals surface area (Å²) in [6, 6.07) is 5.01. The highest BCUT2D eigenvalue weighted by Crippen LogP contribution is 2.48. The van der Waals surface area contributed by atoms with Crippen molar-refractivity contribution in [3.63, 3.8) is 0 Å². The molecule has 59 heavy (non-hydrogen) atoms. The molecule has 7 atom stereocenters. The Morgan fingerprint density at radius 3 is 2.49 bits per heavy atom. The first kappa shape index (κ1) is 42.6. The van der Waals surface area contributed by atoms with Crippen LogP contribution in [0.25, 0.3) is 10.8 Å². The van der Waals surface area contributed by atoms with Crippen LogP contribution in [0.4, 0.5) is 13.6 Å². The number of aryl methyl sites for hydroxylation is 1. The van der Waals surface area contributed by atoms with E-state index in [1.165, 1.54) is 4.90 Å². The molecule has 3 fully saturated rings. The van der Waals surface area contributed by atoms with Crippen LogP contribution < -0.4 is 24.8 Å². The van der Waals surface area contributed by atoms with E-state index < -0.39 is 85.7 Å². The predicted molar refractivity (Wildman–Crippen MR) is 213 cm³/mol. The summed E-state index contributed by atoms with van der Waals surface area (Å²) < 4.78 is 74.2. The van der Waals surface area contributed by atoms with E-state index in [4.69, 9.17) is 19.2 Å². The summed E-state index contributed by atoms with van der Waals surface area (Å²) in [7, 11) is -4.05. The number of amides is 4. The fourth-order valence-electron chi connectivity index (χ4n) is 8.37. The van der Waals surface area contributed by atoms with E-state index in [1.807, 2.05) is 43.3 Å². The molecule has 0 radical (unpaired) electrons. The summed E-state index contributed by atoms with van der Waals surface area (Å²) in [4.78, 5) is 62.9. The zero-order valence-corrected chi connectivity index (χ0v) is 35.3. The first-order valence-electron chi connectivity index (χ1n) is 20.6. The quantitative estimate of drug-likeness (QED) is 0.294. The number of nitrogens with one attached hydrogen (secondary N) is 3. The Bertz CT molecular complexity index is 2160. The van der Waals surface area contributed by atoms with Gasteiger partial charge in [0.1, 0.15) is 23.7 Å². The van der Waals surface area contributed by atoms with E-state index in [0.29, 0.717) is 56.9 Å². The molecule has 322 valence electrons. The van der Waals surface area contributed by atoms with Crippen molar-refractivity contribution in [1.82, 2.24) is 25.2 Å². The zero-order valence-electron chi connectivity index (χ0n) is 34.4. The second-order valence-corrected chi connectivity index (χ2v) is 20.3. The van der Waals surface area contributed by atoms with Crippen LogP contribution in [-0.2, 0) is 35.6 Å². The third-order valence-corrected chi connectivity index (χ3v) is 15.1. The molecule has 2 aliphatic carbocycles. The Balaban J connectivity index is 1.24. The number of hydrogen-bond donors (Lipinski definition) is 3. The van der Waals surface area contributed by atoms with E-state index in [9.17, 15) is 36.4 Å². The van der Waals surface area contributed by atoms with Gasteiger partial charge in [0, 0.05) is 30.2 Å². The third kappa shape index (κ3) is 8.45. The number of benzene rings is 1. The number of carbonyl (C=O) groups is 4. The molecule has 1 aromatic heterocycles. The number of alkyl halides is 2. The van der Waals surface area contributed by atoms with E-state index in [0.717, 1.165) is 37.6 Å². The minimum absolute atomic E-state index is 0.0248. The largest absolute Gasteiger partial charge is 0.477 e. The number of aromatic nitrogens is 1. The first-order valence-corrected chi connectivity index (χ1v) is 22.1. The van der Waals surface area contributed by atoms with Gasteiger partial charge in [-0.3, -0.25) is 19.1 Å². The van der Waals surface area contributed by atoms with Gasteiger partial charge in [0.25, 0.3) is 11.8 Å². The number of rotatable bonds is 8. The molecule has 0 spiro atoms. The average molecular weight is 844 g/mol. The lowest BCUT2D eigenvalue weighted by molar-refractivity contribution is -0.152. The predicted octanol–water partition coefficient (Wildman–Crippen LogP) is 5.32. The lowest BCUT2D eigenvalue weighted by Crippen LogP contribution is -2.59. The molecule has 17 heteroatoms. The summed E-state index contributed by atoms with van der Waals surface area (Å²) in [5.41, 5.74) is -2.87. The molecule has 1 aromatic carbocycles. The van der Waals surface area contributed by atoms with Gasteiger partial charge in [0.2, 0.25) is 33.6 Å². The van der Waals surface area contributed by atoms with E-state index >= 15 is 0 Å². The van der Waals surface area contributed by atoms with Crippen LogP contribution in [0.3, 0.4) is 0 Å². The topological polar surface area (TPSA) is 182 Å². The van der Waals surface area contributed by atoms with Crippen LogP contribution in [0.15, 0.2) is 36.4 Å². The highest BCUT2D eigenvalue weighted by molar-refractivity contribution is 7.91. The van der Waals surface area contributed by atoms with Gasteiger partial charge in [0.15, 0.2) is 5.60 Å². The number of carbonyl (C=O) groups excluding carboxylic acids is 4. The van der Waals surface area contributed by atoms with Gasteiger partial charge >= 0.3 is 6.09 Å². The minimum Gasteiger partial charge on any atom is -0.477 e. The standard InChI is InChI=1S/C42H55F2N5O9S/c1-24-12-7-8-13-26-22-42(26,37(52)48-59(54,55)40(5)17-18-40)47-33(50)31-21-27(57-35-30-15-10-9-14-28(30)29-16-11-19-56-34(29)46-35)23-49(31)36(51)32(25(2)20-24)45-38(53)58-39(3,4)41(6,43)44/h8-10,13-15,24-27,31-32H,7,11-12,16-23H2,1-6H3,(H,45,53)(H,47,50)(H,48,52)/b13-8-/t24-,25-,26-,27-,31+,32+,42-/m1/s1. The van der Waals surface area contributed by atoms with Crippen molar-refractivity contribution in [2.75, 3.05) is 13.2 Å². The number of halogens is 2. The Morgan fingerprint density at radius 2 is 1.80 bits per heavy atom. The maximum Gasteiger partial charge on any atom is 0.408 e. The molecule has 4 heterocycles. The van der Waals surface area contributed by atoms with Gasteiger partial charge in [-0.05, 0) is 95.4 Å². The number of nitrogens with zero attached hydrogens (tertiary/aromatic N) is 2. The molecule has 14 nitrogen and oxygen atoms in total. The molecule has 3 N–H and O–H groups in total. The number of sulfonamides is 1. The van der Waals surface area contributed by atoms with Gasteiger partial charge in [-0.1, -0.05) is 44.2 Å². The van der Waals surface area contributed by atoms with Gasteiger partial charge < -0.3 is 29.7 Å². The normalized spacial score (nSPS) is 30.2. The number of hydrogen-bond acceptors (Lipinski definition) is 10. The Kier molecular flexibility index (Phi) is 11.2. The van der Waals surface area contributed by atoms with Crippen molar-refractivity contribution in [1.29, 1.82) is 0 Å². The van der Waals surface area contributed by atoms with Gasteiger partial charge in [-0.25, -0.2) is 22.0 Å². The molecule has 0 bridgehead atoms. The van der Waals surface area contributed by atoms with Crippen LogP contribution in [0.1, 0.15) is 98.5 Å². The number of fused-ring (bicyclic) bond motifs is 5. The minimum atomic E-state index is -4.05. The molecule has 4 amide bonds. The molecule has 7 rings (SSSR count). The van der Waals surface area contributed by atoms with Gasteiger partial charge in [-0.15, -0.1) is 0 Å². The lowest BCUT2D eigenvalue weighted by Gasteiger charge is -2.35. The molecular formula is C42H55F2N5O9S. The van der Waals surface area contributed by atoms with Crippen LogP contribution in [0.5, 0.6) is 11.8 Å². The molecule has 0 unspecified atom stereocenters. The summed E-state index contributed by atoms with van der Waals surface area (Å²) in [5, 5.41) is 7.03. The third-order valence-electron chi connectivity index (χ3n) is 13.0. The van der Waals surface area contributed by atoms with Crippen LogP contribution >= 0.6 is 0 Å². The average Bonchev–Trinajstić information content (AvgIpc) is 4.04. The smallest absolute Gasteiger partial charge is 0.408 e.